The van der Waals surface area contributed by atoms with E-state index in [9.17, 15) is 0 Å². The fourth-order valence-electron chi connectivity index (χ4n) is 1.83. The van der Waals surface area contributed by atoms with Crippen molar-refractivity contribution in [2.45, 2.75) is 18.7 Å². The minimum absolute atomic E-state index is 1.29. The van der Waals surface area contributed by atoms with E-state index in [1.165, 1.54) is 21.2 Å². The first kappa shape index (κ1) is 10.4. The van der Waals surface area contributed by atoms with E-state index in [2.05, 4.69) is 62.2 Å². The number of para-hydroxylation sites is 1. The molecule has 1 nitrogen and oxygen atoms in total. The Morgan fingerprint density at radius 1 is 1.13 bits per heavy atom. The van der Waals surface area contributed by atoms with E-state index < -0.39 is 0 Å². The van der Waals surface area contributed by atoms with Gasteiger partial charge in [-0.15, -0.1) is 0 Å². The molecule has 1 aliphatic heterocycles. The molecule has 0 aromatic heterocycles. The quantitative estimate of drug-likeness (QED) is 0.645. The summed E-state index contributed by atoms with van der Waals surface area (Å²) in [5, 5.41) is 0. The van der Waals surface area contributed by atoms with Crippen LogP contribution in [0.3, 0.4) is 0 Å². The van der Waals surface area contributed by atoms with Crippen molar-refractivity contribution in [2.75, 3.05) is 11.9 Å². The summed E-state index contributed by atoms with van der Waals surface area (Å²) in [5.74, 6) is 0. The van der Waals surface area contributed by atoms with E-state index in [1.807, 2.05) is 11.8 Å². The van der Waals surface area contributed by atoms with Crippen LogP contribution < -0.4 is 4.90 Å². The van der Waals surface area contributed by atoms with Crippen LogP contribution >= 0.6 is 11.8 Å². The lowest BCUT2D eigenvalue weighted by molar-refractivity contribution is 1.08. The lowest BCUT2D eigenvalue weighted by Crippen LogP contribution is -2.20. The predicted octanol–water partition coefficient (Wildman–Crippen LogP) is 4.04. The van der Waals surface area contributed by atoms with Gasteiger partial charge < -0.3 is 4.90 Å². The summed E-state index contributed by atoms with van der Waals surface area (Å²) in [6.45, 7) is 4.18. The van der Waals surface area contributed by atoms with Gasteiger partial charge in [-0.3, -0.25) is 0 Å². The number of rotatable bonds is 0. The monoisotopic (exact) mass is 217 g/mol. The highest BCUT2D eigenvalue weighted by Gasteiger charge is 2.21. The zero-order valence-electron chi connectivity index (χ0n) is 9.32. The van der Waals surface area contributed by atoms with Gasteiger partial charge in [0, 0.05) is 16.8 Å². The molecule has 78 valence electrons. The van der Waals surface area contributed by atoms with Crippen LogP contribution in [0.15, 0.2) is 51.9 Å². The van der Waals surface area contributed by atoms with E-state index in [1.54, 1.807) is 0 Å². The average Bonchev–Trinajstić information content (AvgIpc) is 2.29. The van der Waals surface area contributed by atoms with Crippen LogP contribution in [0.25, 0.3) is 0 Å². The summed E-state index contributed by atoms with van der Waals surface area (Å²) in [7, 11) is 2.12. The first-order chi connectivity index (χ1) is 7.27. The van der Waals surface area contributed by atoms with Gasteiger partial charge in [0.2, 0.25) is 0 Å². The number of allylic oxidation sites excluding steroid dienone is 2. The second-order valence-corrected chi connectivity index (χ2v) is 4.54. The van der Waals surface area contributed by atoms with Gasteiger partial charge in [-0.05, 0) is 26.0 Å². The molecule has 1 aliphatic rings. The summed E-state index contributed by atoms with van der Waals surface area (Å²) in [6, 6.07) is 8.52. The molecule has 1 aromatic carbocycles. The molecule has 0 fully saturated rings. The molecule has 0 amide bonds. The number of benzene rings is 1. The van der Waals surface area contributed by atoms with Crippen LogP contribution in [0.2, 0.25) is 0 Å². The van der Waals surface area contributed by atoms with Crippen LogP contribution in [-0.2, 0) is 0 Å². The number of fused-ring (bicyclic) bond motifs is 1. The summed E-state index contributed by atoms with van der Waals surface area (Å²) in [6.07, 6.45) is 4.34. The van der Waals surface area contributed by atoms with Gasteiger partial charge in [-0.2, -0.15) is 0 Å². The minimum atomic E-state index is 1.29. The van der Waals surface area contributed by atoms with Gasteiger partial charge in [-0.25, -0.2) is 0 Å². The van der Waals surface area contributed by atoms with Crippen molar-refractivity contribution in [3.05, 3.63) is 47.0 Å². The van der Waals surface area contributed by atoms with Gasteiger partial charge in [0.05, 0.1) is 11.4 Å². The molecule has 0 saturated carbocycles. The van der Waals surface area contributed by atoms with Crippen molar-refractivity contribution in [1.82, 2.24) is 0 Å². The fraction of sp³-hybridized carbons (Fsp3) is 0.231. The Morgan fingerprint density at radius 2 is 1.87 bits per heavy atom. The van der Waals surface area contributed by atoms with Crippen molar-refractivity contribution in [3.8, 4) is 0 Å². The van der Waals surface area contributed by atoms with Crippen LogP contribution in [0.1, 0.15) is 13.8 Å². The standard InChI is InChI=1S/C13H15NS/c1-4-10-12(5-2)15-13-9-7-6-8-11(13)14(10)3/h4-9H,1-3H3/b10-4+,12-5+. The Hall–Kier alpha value is -1.15. The number of nitrogens with zero attached hydrogens (tertiary/aromatic N) is 1. The van der Waals surface area contributed by atoms with Crippen molar-refractivity contribution < 1.29 is 0 Å². The maximum absolute atomic E-state index is 2.25. The number of thioether (sulfide) groups is 1. The Balaban J connectivity index is 2.55. The highest BCUT2D eigenvalue weighted by Crippen LogP contribution is 2.44. The van der Waals surface area contributed by atoms with Gasteiger partial charge in [-0.1, -0.05) is 36.0 Å². The predicted molar refractivity (Wildman–Crippen MR) is 68.2 cm³/mol. The van der Waals surface area contributed by atoms with E-state index >= 15 is 0 Å². The van der Waals surface area contributed by atoms with Crippen LogP contribution in [-0.4, -0.2) is 7.05 Å². The van der Waals surface area contributed by atoms with E-state index in [4.69, 9.17) is 0 Å². The third kappa shape index (κ3) is 1.70. The van der Waals surface area contributed by atoms with Crippen LogP contribution in [0.5, 0.6) is 0 Å². The summed E-state index contributed by atoms with van der Waals surface area (Å²) in [4.78, 5) is 4.92. The normalized spacial score (nSPS) is 20.9. The number of hydrogen-bond acceptors (Lipinski definition) is 2. The zero-order valence-corrected chi connectivity index (χ0v) is 10.1. The molecule has 0 radical (unpaired) electrons. The Kier molecular flexibility index (Phi) is 2.87. The Bertz CT molecular complexity index is 432. The molecule has 1 heterocycles. The molecular weight excluding hydrogens is 202 g/mol. The Labute approximate surface area is 95.5 Å². The molecule has 2 heteroatoms. The second kappa shape index (κ2) is 4.15. The highest BCUT2D eigenvalue weighted by molar-refractivity contribution is 8.03. The molecule has 2 rings (SSSR count). The summed E-state index contributed by atoms with van der Waals surface area (Å²) < 4.78 is 0. The SMILES string of the molecule is C/C=C1/Sc2ccccc2N(C)/C1=C/C. The molecule has 0 unspecified atom stereocenters. The number of hydrogen-bond donors (Lipinski definition) is 0. The largest absolute Gasteiger partial charge is 0.343 e. The lowest BCUT2D eigenvalue weighted by Gasteiger charge is -2.31. The van der Waals surface area contributed by atoms with Crippen LogP contribution in [0.4, 0.5) is 5.69 Å². The zero-order chi connectivity index (χ0) is 10.8. The van der Waals surface area contributed by atoms with Gasteiger partial charge >= 0.3 is 0 Å². The smallest absolute Gasteiger partial charge is 0.0550 e. The van der Waals surface area contributed by atoms with Gasteiger partial charge in [0.25, 0.3) is 0 Å². The Morgan fingerprint density at radius 3 is 2.53 bits per heavy atom. The third-order valence-electron chi connectivity index (χ3n) is 2.60. The molecule has 0 spiro atoms. The van der Waals surface area contributed by atoms with Gasteiger partial charge in [0.1, 0.15) is 0 Å². The van der Waals surface area contributed by atoms with Crippen molar-refractivity contribution >= 4 is 17.4 Å². The van der Waals surface area contributed by atoms with Crippen molar-refractivity contribution in [1.29, 1.82) is 0 Å². The molecule has 0 N–H and O–H groups in total. The molecule has 15 heavy (non-hydrogen) atoms. The molecule has 0 atom stereocenters. The topological polar surface area (TPSA) is 3.24 Å². The first-order valence-corrected chi connectivity index (χ1v) is 5.93. The fourth-order valence-corrected chi connectivity index (χ4v) is 3.00. The third-order valence-corrected chi connectivity index (χ3v) is 3.83. The minimum Gasteiger partial charge on any atom is -0.343 e. The van der Waals surface area contributed by atoms with E-state index in [0.717, 1.165) is 0 Å². The average molecular weight is 217 g/mol. The molecule has 1 aromatic rings. The number of likely N-dealkylation sites (N-methyl/N-ethyl adjacent to an activating group) is 1. The summed E-state index contributed by atoms with van der Waals surface area (Å²) >= 11 is 1.84. The van der Waals surface area contributed by atoms with Crippen molar-refractivity contribution in [2.24, 2.45) is 0 Å². The molecule has 0 bridgehead atoms. The maximum atomic E-state index is 2.25. The van der Waals surface area contributed by atoms with E-state index in [0.29, 0.717) is 0 Å². The molecule has 0 saturated heterocycles. The van der Waals surface area contributed by atoms with Crippen LogP contribution in [0, 0.1) is 0 Å². The maximum Gasteiger partial charge on any atom is 0.0550 e. The lowest BCUT2D eigenvalue weighted by atomic mass is 10.2. The first-order valence-electron chi connectivity index (χ1n) is 5.11. The molecule has 0 aliphatic carbocycles. The summed E-state index contributed by atoms with van der Waals surface area (Å²) in [5.41, 5.74) is 2.59. The highest BCUT2D eigenvalue weighted by atomic mass is 32.2. The second-order valence-electron chi connectivity index (χ2n) is 3.46. The van der Waals surface area contributed by atoms with Crippen molar-refractivity contribution in [3.63, 3.8) is 0 Å². The number of anilines is 1. The van der Waals surface area contributed by atoms with Gasteiger partial charge in [0.15, 0.2) is 0 Å². The van der Waals surface area contributed by atoms with E-state index in [-0.39, 0.29) is 0 Å². The molecular formula is C13H15NS.